The third-order valence-electron chi connectivity index (χ3n) is 4.33. The van der Waals surface area contributed by atoms with Crippen LogP contribution in [0.3, 0.4) is 0 Å². The lowest BCUT2D eigenvalue weighted by molar-refractivity contribution is -0.121. The summed E-state index contributed by atoms with van der Waals surface area (Å²) in [5.74, 6) is 0.156. The summed E-state index contributed by atoms with van der Waals surface area (Å²) in [5.41, 5.74) is 1.84. The van der Waals surface area contributed by atoms with Crippen molar-refractivity contribution in [3.63, 3.8) is 0 Å². The van der Waals surface area contributed by atoms with E-state index in [0.29, 0.717) is 19.5 Å². The van der Waals surface area contributed by atoms with Crippen LogP contribution in [0.5, 0.6) is 0 Å². The van der Waals surface area contributed by atoms with Crippen LogP contribution < -0.4 is 5.32 Å². The van der Waals surface area contributed by atoms with E-state index in [1.54, 1.807) is 11.3 Å². The van der Waals surface area contributed by atoms with E-state index in [0.717, 1.165) is 28.8 Å². The number of nitrogens with one attached hydrogen (secondary N) is 1. The number of benzene rings is 1. The fraction of sp³-hybridized carbons (Fsp3) is 0.368. The molecule has 1 N–H and O–H groups in total. The minimum absolute atomic E-state index is 0.0703. The maximum absolute atomic E-state index is 12.5. The number of rotatable bonds is 4. The van der Waals surface area contributed by atoms with Gasteiger partial charge >= 0.3 is 0 Å². The molecule has 0 aliphatic carbocycles. The summed E-state index contributed by atoms with van der Waals surface area (Å²) in [7, 11) is 0. The van der Waals surface area contributed by atoms with Crippen LogP contribution in [0.25, 0.3) is 0 Å². The molecule has 2 aromatic rings. The second-order valence-electron chi connectivity index (χ2n) is 6.26. The Hall–Kier alpha value is -2.14. The van der Waals surface area contributed by atoms with Gasteiger partial charge in [0.15, 0.2) is 0 Å². The Morgan fingerprint density at radius 1 is 1.21 bits per heavy atom. The molecule has 0 atom stereocenters. The predicted octanol–water partition coefficient (Wildman–Crippen LogP) is 3.02. The van der Waals surface area contributed by atoms with Crippen LogP contribution in [0.4, 0.5) is 0 Å². The molecule has 0 bridgehead atoms. The first-order valence-corrected chi connectivity index (χ1v) is 9.17. The number of hydrogen-bond acceptors (Lipinski definition) is 3. The summed E-state index contributed by atoms with van der Waals surface area (Å²) in [6, 6.07) is 11.8. The Labute approximate surface area is 146 Å². The number of likely N-dealkylation sites (tertiary alicyclic amines) is 1. The molecule has 4 nitrogen and oxygen atoms in total. The largest absolute Gasteiger partial charge is 0.353 e. The first-order chi connectivity index (χ1) is 11.6. The van der Waals surface area contributed by atoms with E-state index in [2.05, 4.69) is 5.32 Å². The molecule has 126 valence electrons. The Bertz CT molecular complexity index is 704. The van der Waals surface area contributed by atoms with Crippen LogP contribution >= 0.6 is 11.3 Å². The molecular weight excluding hydrogens is 320 g/mol. The van der Waals surface area contributed by atoms with Gasteiger partial charge in [0.25, 0.3) is 5.91 Å². The standard InChI is InChI=1S/C19H22N2O2S/c1-14-4-2-5-15(12-14)19(23)21-9-7-16(8-10-21)20-18(22)13-17-6-3-11-24-17/h2-6,11-12,16H,7-10,13H2,1H3,(H,20,22). The molecule has 1 aliphatic rings. The molecule has 1 saturated heterocycles. The zero-order chi connectivity index (χ0) is 16.9. The molecule has 0 spiro atoms. The van der Waals surface area contributed by atoms with Crippen LogP contribution in [0, 0.1) is 6.92 Å². The minimum Gasteiger partial charge on any atom is -0.353 e. The molecule has 0 unspecified atom stereocenters. The Morgan fingerprint density at radius 2 is 2.00 bits per heavy atom. The van der Waals surface area contributed by atoms with Crippen LogP contribution in [-0.2, 0) is 11.2 Å². The molecule has 24 heavy (non-hydrogen) atoms. The van der Waals surface area contributed by atoms with Crippen molar-refractivity contribution in [1.29, 1.82) is 0 Å². The van der Waals surface area contributed by atoms with Crippen LogP contribution in [0.2, 0.25) is 0 Å². The number of thiophene rings is 1. The molecule has 1 fully saturated rings. The van der Waals surface area contributed by atoms with Crippen LogP contribution in [0.15, 0.2) is 41.8 Å². The van der Waals surface area contributed by atoms with Gasteiger partial charge in [-0.15, -0.1) is 11.3 Å². The quantitative estimate of drug-likeness (QED) is 0.928. The van der Waals surface area contributed by atoms with Gasteiger partial charge in [-0.2, -0.15) is 0 Å². The van der Waals surface area contributed by atoms with Gasteiger partial charge in [-0.3, -0.25) is 9.59 Å². The Kier molecular flexibility index (Phi) is 5.30. The van der Waals surface area contributed by atoms with Gasteiger partial charge in [0.05, 0.1) is 6.42 Å². The van der Waals surface area contributed by atoms with Crippen molar-refractivity contribution < 1.29 is 9.59 Å². The van der Waals surface area contributed by atoms with E-state index in [1.165, 1.54) is 0 Å². The molecular formula is C19H22N2O2S. The third kappa shape index (κ3) is 4.23. The zero-order valence-corrected chi connectivity index (χ0v) is 14.6. The Balaban J connectivity index is 1.48. The maximum Gasteiger partial charge on any atom is 0.253 e. The van der Waals surface area contributed by atoms with Gasteiger partial charge in [0.1, 0.15) is 0 Å². The molecule has 3 rings (SSSR count). The normalized spacial score (nSPS) is 15.3. The topological polar surface area (TPSA) is 49.4 Å². The number of nitrogens with zero attached hydrogens (tertiary/aromatic N) is 1. The van der Waals surface area contributed by atoms with E-state index >= 15 is 0 Å². The first kappa shape index (κ1) is 16.7. The smallest absolute Gasteiger partial charge is 0.253 e. The molecule has 2 heterocycles. The van der Waals surface area contributed by atoms with E-state index < -0.39 is 0 Å². The fourth-order valence-electron chi connectivity index (χ4n) is 3.04. The van der Waals surface area contributed by atoms with Gasteiger partial charge in [0, 0.05) is 29.6 Å². The summed E-state index contributed by atoms with van der Waals surface area (Å²) in [6.07, 6.45) is 2.07. The summed E-state index contributed by atoms with van der Waals surface area (Å²) >= 11 is 1.60. The second kappa shape index (κ2) is 7.62. The molecule has 1 aromatic carbocycles. The summed E-state index contributed by atoms with van der Waals surface area (Å²) in [5, 5.41) is 5.08. The van der Waals surface area contributed by atoms with Crippen molar-refractivity contribution in [1.82, 2.24) is 10.2 Å². The van der Waals surface area contributed by atoms with E-state index in [9.17, 15) is 9.59 Å². The molecule has 5 heteroatoms. The van der Waals surface area contributed by atoms with Crippen molar-refractivity contribution in [2.24, 2.45) is 0 Å². The molecule has 0 radical (unpaired) electrons. The lowest BCUT2D eigenvalue weighted by Crippen LogP contribution is -2.46. The van der Waals surface area contributed by atoms with Gasteiger partial charge in [-0.1, -0.05) is 23.8 Å². The number of amides is 2. The van der Waals surface area contributed by atoms with E-state index in [-0.39, 0.29) is 17.9 Å². The second-order valence-corrected chi connectivity index (χ2v) is 7.29. The number of carbonyl (C=O) groups is 2. The van der Waals surface area contributed by atoms with Crippen molar-refractivity contribution in [3.05, 3.63) is 57.8 Å². The van der Waals surface area contributed by atoms with Gasteiger partial charge in [0.2, 0.25) is 5.91 Å². The van der Waals surface area contributed by atoms with Crippen molar-refractivity contribution >= 4 is 23.2 Å². The fourth-order valence-corrected chi connectivity index (χ4v) is 3.74. The van der Waals surface area contributed by atoms with Crippen molar-refractivity contribution in [3.8, 4) is 0 Å². The SMILES string of the molecule is Cc1cccc(C(=O)N2CCC(NC(=O)Cc3cccs3)CC2)c1. The van der Waals surface area contributed by atoms with Crippen LogP contribution in [0.1, 0.15) is 33.6 Å². The molecule has 2 amide bonds. The Morgan fingerprint density at radius 3 is 2.67 bits per heavy atom. The predicted molar refractivity (Wildman–Crippen MR) is 96.3 cm³/mol. The summed E-state index contributed by atoms with van der Waals surface area (Å²) in [6.45, 7) is 3.37. The molecule has 1 aliphatic heterocycles. The highest BCUT2D eigenvalue weighted by atomic mass is 32.1. The number of hydrogen-bond donors (Lipinski definition) is 1. The average Bonchev–Trinajstić information content (AvgIpc) is 3.07. The van der Waals surface area contributed by atoms with E-state index in [4.69, 9.17) is 0 Å². The van der Waals surface area contributed by atoms with Crippen LogP contribution in [-0.4, -0.2) is 35.8 Å². The molecule has 0 saturated carbocycles. The zero-order valence-electron chi connectivity index (χ0n) is 13.8. The van der Waals surface area contributed by atoms with Crippen molar-refractivity contribution in [2.45, 2.75) is 32.2 Å². The number of piperidine rings is 1. The van der Waals surface area contributed by atoms with E-state index in [1.807, 2.05) is 53.6 Å². The number of aryl methyl sites for hydroxylation is 1. The first-order valence-electron chi connectivity index (χ1n) is 8.29. The average molecular weight is 342 g/mol. The van der Waals surface area contributed by atoms with Gasteiger partial charge in [-0.25, -0.2) is 0 Å². The maximum atomic E-state index is 12.5. The van der Waals surface area contributed by atoms with Gasteiger partial charge < -0.3 is 10.2 Å². The lowest BCUT2D eigenvalue weighted by Gasteiger charge is -2.32. The monoisotopic (exact) mass is 342 g/mol. The minimum atomic E-state index is 0.0703. The van der Waals surface area contributed by atoms with Crippen molar-refractivity contribution in [2.75, 3.05) is 13.1 Å². The highest BCUT2D eigenvalue weighted by Crippen LogP contribution is 2.16. The summed E-state index contributed by atoms with van der Waals surface area (Å²) < 4.78 is 0. The molecule has 1 aromatic heterocycles. The lowest BCUT2D eigenvalue weighted by atomic mass is 10.0. The third-order valence-corrected chi connectivity index (χ3v) is 5.20. The highest BCUT2D eigenvalue weighted by molar-refractivity contribution is 7.10. The number of carbonyl (C=O) groups excluding carboxylic acids is 2. The summed E-state index contributed by atoms with van der Waals surface area (Å²) in [4.78, 5) is 27.6. The highest BCUT2D eigenvalue weighted by Gasteiger charge is 2.24. The van der Waals surface area contributed by atoms with Gasteiger partial charge in [-0.05, 0) is 43.3 Å².